The molecule has 0 bridgehead atoms. The first kappa shape index (κ1) is 34.4. The summed E-state index contributed by atoms with van der Waals surface area (Å²) in [5.74, 6) is 2.90. The minimum atomic E-state index is 0. The molecule has 0 aromatic rings. The van der Waals surface area contributed by atoms with Crippen molar-refractivity contribution in [1.82, 2.24) is 0 Å². The third kappa shape index (κ3) is 20.6. The van der Waals surface area contributed by atoms with Gasteiger partial charge in [0.1, 0.15) is 0 Å². The van der Waals surface area contributed by atoms with Gasteiger partial charge < -0.3 is 15.3 Å². The summed E-state index contributed by atoms with van der Waals surface area (Å²) < 4.78 is 0. The summed E-state index contributed by atoms with van der Waals surface area (Å²) in [5.41, 5.74) is 0. The van der Waals surface area contributed by atoms with Gasteiger partial charge in [-0.05, 0) is 17.8 Å². The SMILES string of the molecule is [Al+3].[O-]CCCCC1CCCCC1.[O-]CCCCC1CCCCC1.[O-]CCCCC1CCCCC1. The molecule has 0 heterocycles. The molecule has 0 amide bonds. The molecule has 0 spiro atoms. The van der Waals surface area contributed by atoms with Gasteiger partial charge >= 0.3 is 17.4 Å². The van der Waals surface area contributed by atoms with Gasteiger partial charge in [-0.25, -0.2) is 0 Å². The maximum Gasteiger partial charge on any atom is 3.00 e. The van der Waals surface area contributed by atoms with Crippen molar-refractivity contribution in [2.24, 2.45) is 17.8 Å². The molecule has 3 fully saturated rings. The molecule has 0 saturated heterocycles. The fourth-order valence-corrected chi connectivity index (χ4v) is 6.03. The normalized spacial score (nSPS) is 19.9. The van der Waals surface area contributed by atoms with E-state index in [0.717, 1.165) is 37.0 Å². The van der Waals surface area contributed by atoms with E-state index in [1.807, 2.05) is 0 Å². The second-order valence-electron chi connectivity index (χ2n) is 11.1. The number of rotatable bonds is 12. The molecule has 0 atom stereocenters. The fourth-order valence-electron chi connectivity index (χ4n) is 6.03. The van der Waals surface area contributed by atoms with Gasteiger partial charge in [0.05, 0.1) is 0 Å². The smallest absolute Gasteiger partial charge is 0.854 e. The Kier molecular flexibility index (Phi) is 26.8. The van der Waals surface area contributed by atoms with Crippen molar-refractivity contribution in [2.75, 3.05) is 19.8 Å². The molecule has 0 unspecified atom stereocenters. The van der Waals surface area contributed by atoms with Gasteiger partial charge in [-0.15, -0.1) is 19.8 Å². The van der Waals surface area contributed by atoms with Crippen molar-refractivity contribution in [3.8, 4) is 0 Å². The quantitative estimate of drug-likeness (QED) is 0.251. The van der Waals surface area contributed by atoms with Gasteiger partial charge in [-0.3, -0.25) is 0 Å². The van der Waals surface area contributed by atoms with E-state index in [0.29, 0.717) is 0 Å². The topological polar surface area (TPSA) is 69.2 Å². The molecule has 34 heavy (non-hydrogen) atoms. The molecule has 198 valence electrons. The summed E-state index contributed by atoms with van der Waals surface area (Å²) in [6.07, 6.45) is 31.7. The fraction of sp³-hybridized carbons (Fsp3) is 1.00. The first-order valence-corrected chi connectivity index (χ1v) is 15.0. The van der Waals surface area contributed by atoms with E-state index in [2.05, 4.69) is 0 Å². The van der Waals surface area contributed by atoms with Crippen molar-refractivity contribution >= 4 is 17.4 Å². The monoisotopic (exact) mass is 492 g/mol. The molecule has 0 radical (unpaired) electrons. The zero-order chi connectivity index (χ0) is 23.8. The number of unbranched alkanes of at least 4 members (excludes halogenated alkanes) is 3. The van der Waals surface area contributed by atoms with E-state index >= 15 is 0 Å². The van der Waals surface area contributed by atoms with Gasteiger partial charge in [0.25, 0.3) is 0 Å². The predicted octanol–water partition coefficient (Wildman–Crippen LogP) is 5.91. The second-order valence-corrected chi connectivity index (χ2v) is 11.1. The summed E-state index contributed by atoms with van der Waals surface area (Å²) in [6.45, 7) is 0.395. The number of hydrogen-bond donors (Lipinski definition) is 0. The van der Waals surface area contributed by atoms with E-state index in [4.69, 9.17) is 0 Å². The van der Waals surface area contributed by atoms with Gasteiger partial charge in [0.2, 0.25) is 0 Å². The van der Waals surface area contributed by atoms with Crippen molar-refractivity contribution in [2.45, 2.75) is 154 Å². The summed E-state index contributed by atoms with van der Waals surface area (Å²) in [6, 6.07) is 0. The first-order chi connectivity index (χ1) is 16.3. The minimum absolute atomic E-state index is 0. The van der Waals surface area contributed by atoms with Gasteiger partial charge in [-0.1, -0.05) is 154 Å². The van der Waals surface area contributed by atoms with E-state index in [9.17, 15) is 15.3 Å². The Labute approximate surface area is 224 Å². The molecule has 0 aromatic heterocycles. The summed E-state index contributed by atoms with van der Waals surface area (Å²) in [5, 5.41) is 30.5. The molecular weight excluding hydrogens is 435 g/mol. The van der Waals surface area contributed by atoms with Gasteiger partial charge in [-0.2, -0.15) is 0 Å². The third-order valence-electron chi connectivity index (χ3n) is 8.19. The minimum Gasteiger partial charge on any atom is -0.854 e. The van der Waals surface area contributed by atoms with Gasteiger partial charge in [0.15, 0.2) is 0 Å². The Balaban J connectivity index is 0.000000473. The summed E-state index contributed by atoms with van der Waals surface area (Å²) in [4.78, 5) is 0. The maximum absolute atomic E-state index is 10.2. The van der Waals surface area contributed by atoms with Gasteiger partial charge in [0, 0.05) is 0 Å². The van der Waals surface area contributed by atoms with E-state index in [-0.39, 0.29) is 37.2 Å². The van der Waals surface area contributed by atoms with Crippen LogP contribution in [0.3, 0.4) is 0 Å². The molecule has 3 aliphatic rings. The molecule has 0 aromatic carbocycles. The zero-order valence-electron chi connectivity index (χ0n) is 22.6. The van der Waals surface area contributed by atoms with Crippen LogP contribution in [0.25, 0.3) is 0 Å². The van der Waals surface area contributed by atoms with Crippen LogP contribution in [-0.4, -0.2) is 37.2 Å². The van der Waals surface area contributed by atoms with Crippen LogP contribution in [0.15, 0.2) is 0 Å². The van der Waals surface area contributed by atoms with Crippen LogP contribution < -0.4 is 15.3 Å². The number of hydrogen-bond acceptors (Lipinski definition) is 3. The zero-order valence-corrected chi connectivity index (χ0v) is 23.8. The Morgan fingerprint density at radius 1 is 0.353 bits per heavy atom. The molecule has 0 N–H and O–H groups in total. The average molecular weight is 493 g/mol. The van der Waals surface area contributed by atoms with Crippen molar-refractivity contribution in [3.63, 3.8) is 0 Å². The Bertz CT molecular complexity index is 318. The van der Waals surface area contributed by atoms with Crippen LogP contribution in [0.2, 0.25) is 0 Å². The summed E-state index contributed by atoms with van der Waals surface area (Å²) in [7, 11) is 0. The Morgan fingerprint density at radius 3 is 0.794 bits per heavy atom. The molecule has 3 nitrogen and oxygen atoms in total. The van der Waals surface area contributed by atoms with Crippen molar-refractivity contribution in [3.05, 3.63) is 0 Å². The standard InChI is InChI=1S/3C10H19O.Al/c3*11-9-5-4-8-10-6-2-1-3-7-10;/h3*10H,1-9H2;/q3*-1;+3. The van der Waals surface area contributed by atoms with Crippen molar-refractivity contribution < 1.29 is 15.3 Å². The molecule has 3 saturated carbocycles. The first-order valence-electron chi connectivity index (χ1n) is 15.0. The molecule has 0 aliphatic heterocycles. The van der Waals surface area contributed by atoms with E-state index in [1.54, 1.807) is 0 Å². The van der Waals surface area contributed by atoms with Crippen LogP contribution in [-0.2, 0) is 0 Å². The second kappa shape index (κ2) is 26.5. The largest absolute Gasteiger partial charge is 3.00 e. The average Bonchev–Trinajstić information content (AvgIpc) is 2.87. The molecule has 4 heteroatoms. The van der Waals surface area contributed by atoms with E-state index < -0.39 is 0 Å². The molecule has 3 rings (SSSR count). The summed E-state index contributed by atoms with van der Waals surface area (Å²) >= 11 is 0. The van der Waals surface area contributed by atoms with Crippen LogP contribution in [0.4, 0.5) is 0 Å². The predicted molar refractivity (Wildman–Crippen MR) is 142 cm³/mol. The van der Waals surface area contributed by atoms with Crippen LogP contribution in [0.5, 0.6) is 0 Å². The Morgan fingerprint density at radius 2 is 0.588 bits per heavy atom. The van der Waals surface area contributed by atoms with Crippen molar-refractivity contribution in [1.29, 1.82) is 0 Å². The van der Waals surface area contributed by atoms with Crippen LogP contribution in [0, 0.1) is 17.8 Å². The Hall–Kier alpha value is 0.412. The molecular formula is C30H57AlO3. The third-order valence-corrected chi connectivity index (χ3v) is 8.19. The van der Waals surface area contributed by atoms with E-state index in [1.165, 1.54) is 135 Å². The molecule has 3 aliphatic carbocycles. The van der Waals surface area contributed by atoms with Crippen LogP contribution >= 0.6 is 0 Å². The van der Waals surface area contributed by atoms with Crippen LogP contribution in [0.1, 0.15) is 154 Å². The maximum atomic E-state index is 10.2.